The quantitative estimate of drug-likeness (QED) is 0.424. The molecule has 2 aliphatic carbocycles. The van der Waals surface area contributed by atoms with E-state index in [4.69, 9.17) is 9.47 Å². The molecule has 2 saturated carbocycles. The lowest BCUT2D eigenvalue weighted by Gasteiger charge is -2.37. The predicted molar refractivity (Wildman–Crippen MR) is 112 cm³/mol. The molecule has 0 heterocycles. The molecule has 6 heteroatoms. The first kappa shape index (κ1) is 25.1. The SMILES string of the molecule is CC[C@H](C)[C@H](F)C(=O)OC1CCC(C2CCC(OC(=O)[C@@H](F)[C@@H](C)CC)CC2)CC1. The fraction of sp³-hybridized carbons (Fsp3) is 0.917. The molecule has 0 aromatic rings. The van der Waals surface area contributed by atoms with Gasteiger partial charge in [0.1, 0.15) is 12.2 Å². The third-order valence-electron chi connectivity index (χ3n) is 7.41. The van der Waals surface area contributed by atoms with Gasteiger partial charge in [-0.3, -0.25) is 0 Å². The smallest absolute Gasteiger partial charge is 0.341 e. The monoisotopic (exact) mass is 430 g/mol. The van der Waals surface area contributed by atoms with Gasteiger partial charge in [0, 0.05) is 0 Å². The third-order valence-corrected chi connectivity index (χ3v) is 7.41. The molecule has 0 aliphatic heterocycles. The van der Waals surface area contributed by atoms with Crippen LogP contribution in [0.25, 0.3) is 0 Å². The maximum Gasteiger partial charge on any atom is 0.341 e. The minimum absolute atomic E-state index is 0.171. The molecule has 0 radical (unpaired) electrons. The van der Waals surface area contributed by atoms with E-state index in [1.54, 1.807) is 13.8 Å². The maximum absolute atomic E-state index is 14.0. The first-order chi connectivity index (χ1) is 14.3. The Labute approximate surface area is 180 Å². The van der Waals surface area contributed by atoms with Gasteiger partial charge in [-0.15, -0.1) is 0 Å². The molecule has 174 valence electrons. The van der Waals surface area contributed by atoms with Crippen molar-refractivity contribution < 1.29 is 27.8 Å². The number of esters is 2. The largest absolute Gasteiger partial charge is 0.460 e. The fourth-order valence-electron chi connectivity index (χ4n) is 4.69. The molecule has 0 spiro atoms. The van der Waals surface area contributed by atoms with Gasteiger partial charge < -0.3 is 9.47 Å². The summed E-state index contributed by atoms with van der Waals surface area (Å²) in [6.07, 6.45) is 4.90. The van der Waals surface area contributed by atoms with E-state index in [1.807, 2.05) is 13.8 Å². The number of rotatable bonds is 9. The Bertz CT molecular complexity index is 491. The maximum atomic E-state index is 14.0. The van der Waals surface area contributed by atoms with Crippen LogP contribution in [0, 0.1) is 23.7 Å². The zero-order valence-corrected chi connectivity index (χ0v) is 19.1. The minimum atomic E-state index is -1.53. The van der Waals surface area contributed by atoms with Crippen LogP contribution >= 0.6 is 0 Å². The van der Waals surface area contributed by atoms with E-state index in [-0.39, 0.29) is 24.0 Å². The highest BCUT2D eigenvalue weighted by Crippen LogP contribution is 2.40. The van der Waals surface area contributed by atoms with Crippen molar-refractivity contribution in [1.29, 1.82) is 0 Å². The van der Waals surface area contributed by atoms with Crippen LogP contribution in [0.4, 0.5) is 8.78 Å². The van der Waals surface area contributed by atoms with Crippen LogP contribution in [0.2, 0.25) is 0 Å². The Morgan fingerprint density at radius 2 is 1.00 bits per heavy atom. The van der Waals surface area contributed by atoms with Gasteiger partial charge in [0.2, 0.25) is 0 Å². The molecule has 2 fully saturated rings. The summed E-state index contributed by atoms with van der Waals surface area (Å²) in [7, 11) is 0. The third kappa shape index (κ3) is 6.91. The Kier molecular flexibility index (Phi) is 10.0. The van der Waals surface area contributed by atoms with Gasteiger partial charge in [-0.2, -0.15) is 0 Å². The summed E-state index contributed by atoms with van der Waals surface area (Å²) >= 11 is 0. The van der Waals surface area contributed by atoms with Gasteiger partial charge in [-0.25, -0.2) is 18.4 Å². The van der Waals surface area contributed by atoms with Gasteiger partial charge in [-0.1, -0.05) is 40.5 Å². The Balaban J connectivity index is 1.69. The van der Waals surface area contributed by atoms with E-state index < -0.39 is 24.3 Å². The molecule has 2 rings (SSSR count). The van der Waals surface area contributed by atoms with Crippen molar-refractivity contribution in [3.05, 3.63) is 0 Å². The molecule has 0 unspecified atom stereocenters. The van der Waals surface area contributed by atoms with E-state index >= 15 is 0 Å². The molecule has 0 saturated heterocycles. The van der Waals surface area contributed by atoms with Crippen LogP contribution in [0.3, 0.4) is 0 Å². The average Bonchev–Trinajstić information content (AvgIpc) is 2.77. The lowest BCUT2D eigenvalue weighted by atomic mass is 9.72. The van der Waals surface area contributed by atoms with Crippen LogP contribution in [0.1, 0.15) is 91.9 Å². The van der Waals surface area contributed by atoms with Crippen LogP contribution in [-0.2, 0) is 19.1 Å². The zero-order valence-electron chi connectivity index (χ0n) is 19.1. The molecule has 2 aliphatic rings. The van der Waals surface area contributed by atoms with Gasteiger partial charge >= 0.3 is 11.9 Å². The van der Waals surface area contributed by atoms with Gasteiger partial charge in [0.05, 0.1) is 0 Å². The molecule has 4 atom stereocenters. The highest BCUT2D eigenvalue weighted by atomic mass is 19.1. The molecule has 0 N–H and O–H groups in total. The zero-order chi connectivity index (χ0) is 22.3. The van der Waals surface area contributed by atoms with Crippen LogP contribution < -0.4 is 0 Å². The highest BCUT2D eigenvalue weighted by Gasteiger charge is 2.35. The second-order valence-corrected chi connectivity index (χ2v) is 9.52. The van der Waals surface area contributed by atoms with Crippen molar-refractivity contribution in [1.82, 2.24) is 0 Å². The number of carbonyl (C=O) groups is 2. The average molecular weight is 431 g/mol. The molecular weight excluding hydrogens is 390 g/mol. The van der Waals surface area contributed by atoms with Gasteiger partial charge in [0.25, 0.3) is 0 Å². The second kappa shape index (κ2) is 12.0. The van der Waals surface area contributed by atoms with E-state index in [0.29, 0.717) is 24.7 Å². The topological polar surface area (TPSA) is 52.6 Å². The first-order valence-corrected chi connectivity index (χ1v) is 12.0. The number of ether oxygens (including phenoxy) is 2. The fourth-order valence-corrected chi connectivity index (χ4v) is 4.69. The summed E-state index contributed by atoms with van der Waals surface area (Å²) in [5, 5.41) is 0. The standard InChI is InChI=1S/C24H40F2O4/c1-5-15(3)21(25)23(27)29-19-11-7-17(8-12-19)18-9-13-20(14-10-18)30-24(28)22(26)16(4)6-2/h15-22H,5-14H2,1-4H3/t15-,16-,17?,18?,19?,20?,21-,22-/m0/s1. The molecule has 4 nitrogen and oxygen atoms in total. The van der Waals surface area contributed by atoms with Crippen molar-refractivity contribution in [2.24, 2.45) is 23.7 Å². The van der Waals surface area contributed by atoms with Gasteiger partial charge in [0.15, 0.2) is 12.3 Å². The van der Waals surface area contributed by atoms with Crippen LogP contribution in [0.5, 0.6) is 0 Å². The van der Waals surface area contributed by atoms with Crippen LogP contribution in [0.15, 0.2) is 0 Å². The molecule has 0 amide bonds. The number of carbonyl (C=O) groups excluding carboxylic acids is 2. The van der Waals surface area contributed by atoms with E-state index in [9.17, 15) is 18.4 Å². The van der Waals surface area contributed by atoms with Crippen molar-refractivity contribution in [3.63, 3.8) is 0 Å². The number of alkyl halides is 2. The van der Waals surface area contributed by atoms with Gasteiger partial charge in [-0.05, 0) is 75.0 Å². The summed E-state index contributed by atoms with van der Waals surface area (Å²) in [5.41, 5.74) is 0. The number of halogens is 2. The Morgan fingerprint density at radius 3 is 1.27 bits per heavy atom. The molecular formula is C24H40F2O4. The second-order valence-electron chi connectivity index (χ2n) is 9.52. The number of hydrogen-bond donors (Lipinski definition) is 0. The highest BCUT2D eigenvalue weighted by molar-refractivity contribution is 5.75. The lowest BCUT2D eigenvalue weighted by Crippen LogP contribution is -2.35. The predicted octanol–water partition coefficient (Wildman–Crippen LogP) is 5.96. The Hall–Kier alpha value is -1.20. The van der Waals surface area contributed by atoms with Crippen molar-refractivity contribution in [3.8, 4) is 0 Å². The first-order valence-electron chi connectivity index (χ1n) is 12.0. The normalized spacial score (nSPS) is 31.3. The van der Waals surface area contributed by atoms with Crippen molar-refractivity contribution in [2.45, 2.75) is 116 Å². The molecule has 0 aromatic carbocycles. The summed E-state index contributed by atoms with van der Waals surface area (Å²) < 4.78 is 38.9. The van der Waals surface area contributed by atoms with Crippen LogP contribution in [-0.4, -0.2) is 36.5 Å². The molecule has 0 aromatic heterocycles. The summed E-state index contributed by atoms with van der Waals surface area (Å²) in [4.78, 5) is 23.9. The van der Waals surface area contributed by atoms with Crippen molar-refractivity contribution >= 4 is 11.9 Å². The molecule has 30 heavy (non-hydrogen) atoms. The molecule has 0 bridgehead atoms. The van der Waals surface area contributed by atoms with Crippen molar-refractivity contribution in [2.75, 3.05) is 0 Å². The Morgan fingerprint density at radius 1 is 0.700 bits per heavy atom. The summed E-state index contributed by atoms with van der Waals surface area (Å²) in [6.45, 7) is 7.20. The lowest BCUT2D eigenvalue weighted by molar-refractivity contribution is -0.161. The number of hydrogen-bond acceptors (Lipinski definition) is 4. The summed E-state index contributed by atoms with van der Waals surface area (Å²) in [5.74, 6) is -0.896. The van der Waals surface area contributed by atoms with E-state index in [0.717, 1.165) is 51.4 Å². The summed E-state index contributed by atoms with van der Waals surface area (Å²) in [6, 6.07) is 0. The van der Waals surface area contributed by atoms with E-state index in [1.165, 1.54) is 0 Å². The minimum Gasteiger partial charge on any atom is -0.460 e. The van der Waals surface area contributed by atoms with E-state index in [2.05, 4.69) is 0 Å².